The molecule has 0 bridgehead atoms. The van der Waals surface area contributed by atoms with E-state index in [1.54, 1.807) is 23.5 Å². The summed E-state index contributed by atoms with van der Waals surface area (Å²) < 4.78 is 12.8. The highest BCUT2D eigenvalue weighted by Gasteiger charge is 2.12. The van der Waals surface area contributed by atoms with Crippen molar-refractivity contribution >= 4 is 17.2 Å². The molecule has 1 aromatic heterocycles. The molecule has 0 aliphatic carbocycles. The van der Waals surface area contributed by atoms with Crippen LogP contribution in [0.25, 0.3) is 0 Å². The van der Waals surface area contributed by atoms with Gasteiger partial charge in [0.2, 0.25) is 5.91 Å². The van der Waals surface area contributed by atoms with Crippen LogP contribution < -0.4 is 0 Å². The molecule has 2 nitrogen and oxygen atoms in total. The normalized spacial score (nSPS) is 10.5. The van der Waals surface area contributed by atoms with Gasteiger partial charge in [-0.15, -0.1) is 11.3 Å². The second-order valence-electron chi connectivity index (χ2n) is 4.61. The lowest BCUT2D eigenvalue weighted by Crippen LogP contribution is -2.30. The maximum Gasteiger partial charge on any atom is 0.223 e. The molecule has 1 heterocycles. The Labute approximate surface area is 122 Å². The van der Waals surface area contributed by atoms with Gasteiger partial charge >= 0.3 is 0 Å². The van der Waals surface area contributed by atoms with Gasteiger partial charge in [0.1, 0.15) is 5.82 Å². The lowest BCUT2D eigenvalue weighted by atomic mass is 10.1. The molecule has 0 spiro atoms. The zero-order valence-corrected chi connectivity index (χ0v) is 12.3. The van der Waals surface area contributed by atoms with Crippen LogP contribution in [-0.4, -0.2) is 17.4 Å². The Morgan fingerprint density at radius 3 is 2.60 bits per heavy atom. The molecule has 0 aliphatic rings. The largest absolute Gasteiger partial charge is 0.338 e. The first-order valence-corrected chi connectivity index (χ1v) is 7.61. The van der Waals surface area contributed by atoms with E-state index in [-0.39, 0.29) is 11.7 Å². The van der Waals surface area contributed by atoms with Gasteiger partial charge < -0.3 is 4.90 Å². The fraction of sp³-hybridized carbons (Fsp3) is 0.312. The predicted molar refractivity (Wildman–Crippen MR) is 80.1 cm³/mol. The Balaban J connectivity index is 1.87. The van der Waals surface area contributed by atoms with Crippen LogP contribution in [-0.2, 0) is 17.8 Å². The number of rotatable bonds is 6. The summed E-state index contributed by atoms with van der Waals surface area (Å²) in [7, 11) is 0. The van der Waals surface area contributed by atoms with Gasteiger partial charge in [-0.2, -0.15) is 0 Å². The average molecular weight is 291 g/mol. The topological polar surface area (TPSA) is 20.3 Å². The number of amides is 1. The minimum Gasteiger partial charge on any atom is -0.338 e. The maximum atomic E-state index is 12.8. The molecule has 0 aliphatic heterocycles. The van der Waals surface area contributed by atoms with Gasteiger partial charge in [0.05, 0.1) is 6.54 Å². The minimum atomic E-state index is -0.243. The van der Waals surface area contributed by atoms with Crippen molar-refractivity contribution in [2.75, 3.05) is 6.54 Å². The summed E-state index contributed by atoms with van der Waals surface area (Å²) in [6, 6.07) is 10.4. The van der Waals surface area contributed by atoms with Gasteiger partial charge in [0, 0.05) is 17.8 Å². The number of halogens is 1. The monoisotopic (exact) mass is 291 g/mol. The number of nitrogens with zero attached hydrogens (tertiary/aromatic N) is 1. The van der Waals surface area contributed by atoms with Gasteiger partial charge in [-0.05, 0) is 42.5 Å². The van der Waals surface area contributed by atoms with Crippen LogP contribution in [0.15, 0.2) is 41.8 Å². The van der Waals surface area contributed by atoms with Gasteiger partial charge in [-0.25, -0.2) is 4.39 Å². The first kappa shape index (κ1) is 14.7. The first-order chi connectivity index (χ1) is 9.69. The third-order valence-corrected chi connectivity index (χ3v) is 4.06. The summed E-state index contributed by atoms with van der Waals surface area (Å²) in [5.74, 6) is -0.0989. The molecule has 0 saturated carbocycles. The Hall–Kier alpha value is -1.68. The van der Waals surface area contributed by atoms with E-state index >= 15 is 0 Å². The number of carbonyl (C=O) groups excluding carboxylic acids is 1. The summed E-state index contributed by atoms with van der Waals surface area (Å²) in [4.78, 5) is 15.3. The minimum absolute atomic E-state index is 0.144. The van der Waals surface area contributed by atoms with E-state index in [9.17, 15) is 9.18 Å². The van der Waals surface area contributed by atoms with E-state index in [0.29, 0.717) is 25.9 Å². The molecule has 2 rings (SSSR count). The first-order valence-electron chi connectivity index (χ1n) is 6.73. The van der Waals surface area contributed by atoms with Gasteiger partial charge in [-0.1, -0.05) is 18.2 Å². The molecular weight excluding hydrogens is 273 g/mol. The van der Waals surface area contributed by atoms with Crippen LogP contribution in [0.1, 0.15) is 23.8 Å². The second-order valence-corrected chi connectivity index (χ2v) is 5.65. The van der Waals surface area contributed by atoms with Crippen molar-refractivity contribution in [2.45, 2.75) is 26.3 Å². The standard InChI is InChI=1S/C16H18FNOS/c1-2-18(12-15-4-3-11-20-15)16(19)10-7-13-5-8-14(17)9-6-13/h3-6,8-9,11H,2,7,10,12H2,1H3. The molecule has 0 N–H and O–H groups in total. The maximum absolute atomic E-state index is 12.8. The summed E-state index contributed by atoms with van der Waals surface area (Å²) in [6.45, 7) is 3.37. The van der Waals surface area contributed by atoms with Gasteiger partial charge in [-0.3, -0.25) is 4.79 Å². The molecule has 0 atom stereocenters. The Morgan fingerprint density at radius 1 is 1.25 bits per heavy atom. The second kappa shape index (κ2) is 7.20. The van der Waals surface area contributed by atoms with Crippen LogP contribution in [0, 0.1) is 5.82 Å². The molecule has 4 heteroatoms. The Morgan fingerprint density at radius 2 is 2.00 bits per heavy atom. The van der Waals surface area contributed by atoms with E-state index < -0.39 is 0 Å². The SMILES string of the molecule is CCN(Cc1cccs1)C(=O)CCc1ccc(F)cc1. The van der Waals surface area contributed by atoms with Crippen LogP contribution in [0.2, 0.25) is 0 Å². The number of benzene rings is 1. The predicted octanol–water partition coefficient (Wildman–Crippen LogP) is 3.87. The van der Waals surface area contributed by atoms with Crippen molar-refractivity contribution < 1.29 is 9.18 Å². The molecule has 1 aromatic carbocycles. The molecule has 2 aromatic rings. The van der Waals surface area contributed by atoms with E-state index in [1.807, 2.05) is 29.3 Å². The summed E-state index contributed by atoms with van der Waals surface area (Å²) in [6.07, 6.45) is 1.12. The van der Waals surface area contributed by atoms with E-state index in [1.165, 1.54) is 17.0 Å². The fourth-order valence-electron chi connectivity index (χ4n) is 2.03. The Kier molecular flexibility index (Phi) is 5.30. The van der Waals surface area contributed by atoms with Crippen LogP contribution >= 0.6 is 11.3 Å². The van der Waals surface area contributed by atoms with Crippen LogP contribution in [0.3, 0.4) is 0 Å². The quantitative estimate of drug-likeness (QED) is 0.791. The van der Waals surface area contributed by atoms with Crippen molar-refractivity contribution in [3.63, 3.8) is 0 Å². The number of hydrogen-bond donors (Lipinski definition) is 0. The highest BCUT2D eigenvalue weighted by atomic mass is 32.1. The van der Waals surface area contributed by atoms with Crippen LogP contribution in [0.5, 0.6) is 0 Å². The zero-order valence-electron chi connectivity index (χ0n) is 11.5. The van der Waals surface area contributed by atoms with Crippen molar-refractivity contribution in [3.05, 3.63) is 58.0 Å². The highest BCUT2D eigenvalue weighted by molar-refractivity contribution is 7.09. The summed E-state index contributed by atoms with van der Waals surface area (Å²) in [5.41, 5.74) is 0.993. The Bertz CT molecular complexity index is 536. The molecule has 1 amide bonds. The third kappa shape index (κ3) is 4.17. The van der Waals surface area contributed by atoms with E-state index in [0.717, 1.165) is 5.56 Å². The summed E-state index contributed by atoms with van der Waals surface area (Å²) >= 11 is 1.66. The molecule has 0 radical (unpaired) electrons. The van der Waals surface area contributed by atoms with Crippen molar-refractivity contribution in [1.29, 1.82) is 0 Å². The molecule has 106 valence electrons. The van der Waals surface area contributed by atoms with E-state index in [4.69, 9.17) is 0 Å². The molecule has 0 fully saturated rings. The number of thiophene rings is 1. The van der Waals surface area contributed by atoms with Crippen molar-refractivity contribution in [3.8, 4) is 0 Å². The lowest BCUT2D eigenvalue weighted by Gasteiger charge is -2.20. The number of carbonyl (C=O) groups is 1. The number of aryl methyl sites for hydroxylation is 1. The van der Waals surface area contributed by atoms with Crippen molar-refractivity contribution in [2.24, 2.45) is 0 Å². The molecule has 0 unspecified atom stereocenters. The number of hydrogen-bond acceptors (Lipinski definition) is 2. The fourth-order valence-corrected chi connectivity index (χ4v) is 2.75. The highest BCUT2D eigenvalue weighted by Crippen LogP contribution is 2.13. The van der Waals surface area contributed by atoms with Gasteiger partial charge in [0.25, 0.3) is 0 Å². The third-order valence-electron chi connectivity index (χ3n) is 3.20. The molecular formula is C16H18FNOS. The lowest BCUT2D eigenvalue weighted by molar-refractivity contribution is -0.131. The summed E-state index contributed by atoms with van der Waals surface area (Å²) in [5, 5.41) is 2.02. The smallest absolute Gasteiger partial charge is 0.223 e. The van der Waals surface area contributed by atoms with Crippen LogP contribution in [0.4, 0.5) is 4.39 Å². The molecule has 20 heavy (non-hydrogen) atoms. The van der Waals surface area contributed by atoms with Gasteiger partial charge in [0.15, 0.2) is 0 Å². The molecule has 0 saturated heterocycles. The average Bonchev–Trinajstić information content (AvgIpc) is 2.97. The van der Waals surface area contributed by atoms with Crippen molar-refractivity contribution in [1.82, 2.24) is 4.90 Å². The van der Waals surface area contributed by atoms with E-state index in [2.05, 4.69) is 0 Å². The zero-order chi connectivity index (χ0) is 14.4.